The minimum absolute atomic E-state index is 0.451. The van der Waals surface area contributed by atoms with E-state index in [2.05, 4.69) is 66.0 Å². The molecule has 0 radical (unpaired) electrons. The minimum Gasteiger partial charge on any atom is -0.494 e. The Morgan fingerprint density at radius 1 is 1.06 bits per heavy atom. The van der Waals surface area contributed by atoms with Gasteiger partial charge in [-0.1, -0.05) is 28.1 Å². The molecule has 2 aromatic heterocycles. The zero-order valence-electron chi connectivity index (χ0n) is 16.8. The second kappa shape index (κ2) is 9.94. The number of thiophene rings is 1. The van der Waals surface area contributed by atoms with Gasteiger partial charge in [0.15, 0.2) is 5.75 Å². The second-order valence-electron chi connectivity index (χ2n) is 6.57. The molecule has 31 heavy (non-hydrogen) atoms. The summed E-state index contributed by atoms with van der Waals surface area (Å²) in [4.78, 5) is 0. The van der Waals surface area contributed by atoms with Crippen LogP contribution in [0.2, 0.25) is 0 Å². The fourth-order valence-corrected chi connectivity index (χ4v) is 5.63. The summed E-state index contributed by atoms with van der Waals surface area (Å²) in [6.07, 6.45) is 0. The first-order valence-electron chi connectivity index (χ1n) is 9.54. The van der Waals surface area contributed by atoms with Crippen molar-refractivity contribution in [2.24, 2.45) is 0 Å². The van der Waals surface area contributed by atoms with Crippen LogP contribution in [0.25, 0.3) is 22.0 Å². The second-order valence-corrected chi connectivity index (χ2v) is 10.5. The lowest BCUT2D eigenvalue weighted by Gasteiger charge is -2.12. The lowest BCUT2D eigenvalue weighted by molar-refractivity contribution is 0.259. The smallest absolute Gasteiger partial charge is 0.212 e. The van der Waals surface area contributed by atoms with Crippen LogP contribution in [0.4, 0.5) is 0 Å². The Hall–Kier alpha value is -1.55. The zero-order chi connectivity index (χ0) is 22.0. The van der Waals surface area contributed by atoms with Gasteiger partial charge in [-0.25, -0.2) is 4.68 Å². The minimum atomic E-state index is 0.451. The third kappa shape index (κ3) is 4.79. The lowest BCUT2D eigenvalue weighted by atomic mass is 10.1. The predicted molar refractivity (Wildman–Crippen MR) is 136 cm³/mol. The molecule has 2 aromatic carbocycles. The number of hydrogen-bond donors (Lipinski definition) is 0. The molecular formula is C22H19Br3N2O3S. The maximum Gasteiger partial charge on any atom is 0.212 e. The first kappa shape index (κ1) is 22.6. The van der Waals surface area contributed by atoms with Crippen LogP contribution >= 0.6 is 59.1 Å². The van der Waals surface area contributed by atoms with Crippen molar-refractivity contribution in [1.82, 2.24) is 9.78 Å². The van der Waals surface area contributed by atoms with Gasteiger partial charge in [0, 0.05) is 15.9 Å². The van der Waals surface area contributed by atoms with Crippen LogP contribution in [-0.2, 0) is 6.54 Å². The third-order valence-corrected chi connectivity index (χ3v) is 7.64. The monoisotopic (exact) mass is 628 g/mol. The topological polar surface area (TPSA) is 45.5 Å². The number of fused-ring (bicyclic) bond motifs is 1. The molecule has 0 aliphatic carbocycles. The molecule has 0 amide bonds. The highest BCUT2D eigenvalue weighted by molar-refractivity contribution is 9.11. The van der Waals surface area contributed by atoms with E-state index in [1.807, 2.05) is 35.2 Å². The van der Waals surface area contributed by atoms with Gasteiger partial charge in [0.25, 0.3) is 0 Å². The average Bonchev–Trinajstić information content (AvgIpc) is 3.32. The molecule has 0 bridgehead atoms. The molecule has 5 nitrogen and oxygen atoms in total. The van der Waals surface area contributed by atoms with E-state index in [9.17, 15) is 0 Å². The molecule has 4 rings (SSSR count). The van der Waals surface area contributed by atoms with Gasteiger partial charge in [0.2, 0.25) is 5.88 Å². The van der Waals surface area contributed by atoms with Crippen molar-refractivity contribution >= 4 is 69.9 Å². The highest BCUT2D eigenvalue weighted by Crippen LogP contribution is 2.42. The van der Waals surface area contributed by atoms with E-state index in [0.717, 1.165) is 46.3 Å². The van der Waals surface area contributed by atoms with E-state index >= 15 is 0 Å². The van der Waals surface area contributed by atoms with Crippen LogP contribution in [0.3, 0.4) is 0 Å². The first-order chi connectivity index (χ1) is 15.0. The van der Waals surface area contributed by atoms with Gasteiger partial charge in [0.1, 0.15) is 21.8 Å². The van der Waals surface area contributed by atoms with Crippen LogP contribution in [-0.4, -0.2) is 30.1 Å². The largest absolute Gasteiger partial charge is 0.494 e. The molecule has 0 saturated carbocycles. The van der Waals surface area contributed by atoms with Gasteiger partial charge in [-0.2, -0.15) is 5.10 Å². The van der Waals surface area contributed by atoms with Gasteiger partial charge >= 0.3 is 0 Å². The summed E-state index contributed by atoms with van der Waals surface area (Å²) < 4.78 is 22.1. The summed E-state index contributed by atoms with van der Waals surface area (Å²) in [5.41, 5.74) is 1.74. The molecule has 0 aliphatic heterocycles. The number of nitrogens with zero attached hydrogens (tertiary/aromatic N) is 2. The summed E-state index contributed by atoms with van der Waals surface area (Å²) in [5.74, 6) is 2.28. The zero-order valence-corrected chi connectivity index (χ0v) is 22.4. The Labute approximate surface area is 209 Å². The van der Waals surface area contributed by atoms with Crippen molar-refractivity contribution in [3.63, 3.8) is 0 Å². The fourth-order valence-electron chi connectivity index (χ4n) is 3.24. The van der Waals surface area contributed by atoms with Gasteiger partial charge in [0.05, 0.1) is 30.3 Å². The summed E-state index contributed by atoms with van der Waals surface area (Å²) >= 11 is 12.3. The number of aromatic nitrogens is 2. The van der Waals surface area contributed by atoms with Crippen molar-refractivity contribution in [3.05, 3.63) is 54.5 Å². The fraction of sp³-hybridized carbons (Fsp3) is 0.227. The van der Waals surface area contributed by atoms with E-state index in [-0.39, 0.29) is 0 Å². The number of halogens is 3. The van der Waals surface area contributed by atoms with Gasteiger partial charge in [-0.05, 0) is 67.8 Å². The number of methoxy groups -OCH3 is 1. The number of hydrogen-bond acceptors (Lipinski definition) is 5. The SMILES string of the molecule is CCOc1cc(-c2csc(Br)c2OC)nn1CCOc1ccc2cc(Br)ccc2c1Br. The van der Waals surface area contributed by atoms with E-state index in [4.69, 9.17) is 19.3 Å². The van der Waals surface area contributed by atoms with Gasteiger partial charge in [-0.3, -0.25) is 0 Å². The molecule has 4 aromatic rings. The lowest BCUT2D eigenvalue weighted by Crippen LogP contribution is -2.11. The highest BCUT2D eigenvalue weighted by atomic mass is 79.9. The molecule has 0 atom stereocenters. The van der Waals surface area contributed by atoms with Gasteiger partial charge in [-0.15, -0.1) is 11.3 Å². The van der Waals surface area contributed by atoms with Crippen LogP contribution in [0.15, 0.2) is 54.5 Å². The predicted octanol–water partition coefficient (Wildman–Crippen LogP) is 7.54. The van der Waals surface area contributed by atoms with E-state index in [1.165, 1.54) is 0 Å². The first-order valence-corrected chi connectivity index (χ1v) is 12.8. The molecule has 0 aliphatic rings. The molecule has 0 spiro atoms. The summed E-state index contributed by atoms with van der Waals surface area (Å²) in [7, 11) is 1.66. The van der Waals surface area contributed by atoms with Crippen molar-refractivity contribution in [2.45, 2.75) is 13.5 Å². The highest BCUT2D eigenvalue weighted by Gasteiger charge is 2.18. The van der Waals surface area contributed by atoms with Crippen LogP contribution in [0.1, 0.15) is 6.92 Å². The Bertz CT molecular complexity index is 1220. The molecule has 0 N–H and O–H groups in total. The maximum atomic E-state index is 6.07. The number of benzene rings is 2. The quantitative estimate of drug-likeness (QED) is 0.202. The number of ether oxygens (including phenoxy) is 3. The standard InChI is InChI=1S/C22H19Br3N2O3S/c1-3-29-19-11-17(16-12-31-22(25)21(16)28-2)26-27(19)8-9-30-18-7-4-13-10-14(23)5-6-15(13)20(18)24/h4-7,10-12H,3,8-9H2,1-2H3. The molecule has 2 heterocycles. The summed E-state index contributed by atoms with van der Waals surface area (Å²) in [5, 5.41) is 9.00. The van der Waals surface area contributed by atoms with Crippen molar-refractivity contribution in [1.29, 1.82) is 0 Å². The molecule has 0 fully saturated rings. The average molecular weight is 631 g/mol. The van der Waals surface area contributed by atoms with Crippen molar-refractivity contribution in [3.8, 4) is 28.6 Å². The Morgan fingerprint density at radius 2 is 1.90 bits per heavy atom. The summed E-state index contributed by atoms with van der Waals surface area (Å²) in [6.45, 7) is 3.52. The van der Waals surface area contributed by atoms with Crippen molar-refractivity contribution < 1.29 is 14.2 Å². The Morgan fingerprint density at radius 3 is 2.68 bits per heavy atom. The van der Waals surface area contributed by atoms with Gasteiger partial charge < -0.3 is 14.2 Å². The van der Waals surface area contributed by atoms with Crippen LogP contribution in [0, 0.1) is 0 Å². The Kier molecular flexibility index (Phi) is 7.26. The molecular weight excluding hydrogens is 612 g/mol. The van der Waals surface area contributed by atoms with E-state index in [1.54, 1.807) is 18.4 Å². The molecule has 0 saturated heterocycles. The third-order valence-electron chi connectivity index (χ3n) is 4.66. The van der Waals surface area contributed by atoms with Crippen LogP contribution in [0.5, 0.6) is 17.4 Å². The van der Waals surface area contributed by atoms with Crippen LogP contribution < -0.4 is 14.2 Å². The maximum absolute atomic E-state index is 6.07. The Balaban J connectivity index is 1.53. The molecule has 162 valence electrons. The normalized spacial score (nSPS) is 11.1. The molecule has 9 heteroatoms. The van der Waals surface area contributed by atoms with Crippen molar-refractivity contribution in [2.75, 3.05) is 20.3 Å². The van der Waals surface area contributed by atoms with E-state index < -0.39 is 0 Å². The summed E-state index contributed by atoms with van der Waals surface area (Å²) in [6, 6.07) is 12.1. The van der Waals surface area contributed by atoms with E-state index in [0.29, 0.717) is 25.6 Å². The molecule has 0 unspecified atom stereocenters. The number of rotatable bonds is 8.